The summed E-state index contributed by atoms with van der Waals surface area (Å²) in [6.45, 7) is 1.86. The third-order valence-electron chi connectivity index (χ3n) is 3.97. The van der Waals surface area contributed by atoms with Crippen LogP contribution in [-0.4, -0.2) is 10.8 Å². The van der Waals surface area contributed by atoms with Gasteiger partial charge in [-0.1, -0.05) is 48.5 Å². The van der Waals surface area contributed by atoms with Crippen LogP contribution < -0.4 is 5.32 Å². The standard InChI is InChI=1S/C19H16N2O3/c1-13(15-11-10-14-6-2-3-7-16(14)12-15)20-19(22)17-8-4-5-9-18(17)21(23)24/h2-13H,1H3,(H,20,22). The third-order valence-corrected chi connectivity index (χ3v) is 3.97. The Bertz CT molecular complexity index is 921. The van der Waals surface area contributed by atoms with E-state index >= 15 is 0 Å². The van der Waals surface area contributed by atoms with Gasteiger partial charge in [0.2, 0.25) is 0 Å². The molecule has 5 nitrogen and oxygen atoms in total. The molecular weight excluding hydrogens is 304 g/mol. The van der Waals surface area contributed by atoms with Crippen molar-refractivity contribution in [2.24, 2.45) is 0 Å². The van der Waals surface area contributed by atoms with E-state index in [9.17, 15) is 14.9 Å². The maximum atomic E-state index is 12.4. The maximum Gasteiger partial charge on any atom is 0.282 e. The zero-order chi connectivity index (χ0) is 17.1. The van der Waals surface area contributed by atoms with Crippen LogP contribution in [0, 0.1) is 10.1 Å². The summed E-state index contributed by atoms with van der Waals surface area (Å²) in [5.74, 6) is -0.456. The van der Waals surface area contributed by atoms with Crippen molar-refractivity contribution in [3.05, 3.63) is 88.0 Å². The minimum Gasteiger partial charge on any atom is -0.345 e. The molecule has 1 atom stereocenters. The van der Waals surface area contributed by atoms with Gasteiger partial charge in [-0.3, -0.25) is 14.9 Å². The second-order valence-electron chi connectivity index (χ2n) is 5.58. The molecule has 0 aliphatic heterocycles. The topological polar surface area (TPSA) is 72.2 Å². The molecule has 3 aromatic rings. The molecule has 0 heterocycles. The molecule has 0 radical (unpaired) electrons. The van der Waals surface area contributed by atoms with Crippen molar-refractivity contribution in [2.45, 2.75) is 13.0 Å². The Morgan fingerprint density at radius 2 is 1.67 bits per heavy atom. The summed E-state index contributed by atoms with van der Waals surface area (Å²) in [6, 6.07) is 19.6. The van der Waals surface area contributed by atoms with Gasteiger partial charge in [0.1, 0.15) is 5.56 Å². The van der Waals surface area contributed by atoms with Crippen LogP contribution in [0.15, 0.2) is 66.7 Å². The predicted octanol–water partition coefficient (Wildman–Crippen LogP) is 4.24. The van der Waals surface area contributed by atoms with Gasteiger partial charge in [0.25, 0.3) is 11.6 Å². The van der Waals surface area contributed by atoms with E-state index in [1.807, 2.05) is 49.4 Å². The molecule has 0 aromatic heterocycles. The molecule has 0 aliphatic rings. The Balaban J connectivity index is 1.84. The number of rotatable bonds is 4. The van der Waals surface area contributed by atoms with Gasteiger partial charge in [-0.05, 0) is 35.4 Å². The highest BCUT2D eigenvalue weighted by Gasteiger charge is 2.20. The Labute approximate surface area is 139 Å². The summed E-state index contributed by atoms with van der Waals surface area (Å²) in [5.41, 5.74) is 0.816. The Morgan fingerprint density at radius 3 is 2.42 bits per heavy atom. The number of benzene rings is 3. The second-order valence-corrected chi connectivity index (χ2v) is 5.58. The van der Waals surface area contributed by atoms with E-state index in [-0.39, 0.29) is 17.3 Å². The molecule has 120 valence electrons. The molecule has 5 heteroatoms. The zero-order valence-electron chi connectivity index (χ0n) is 13.1. The van der Waals surface area contributed by atoms with E-state index in [4.69, 9.17) is 0 Å². The summed E-state index contributed by atoms with van der Waals surface area (Å²) in [4.78, 5) is 22.9. The van der Waals surface area contributed by atoms with Gasteiger partial charge >= 0.3 is 0 Å². The first-order valence-corrected chi connectivity index (χ1v) is 7.59. The van der Waals surface area contributed by atoms with Crippen molar-refractivity contribution in [1.29, 1.82) is 0 Å². The molecular formula is C19H16N2O3. The maximum absolute atomic E-state index is 12.4. The van der Waals surface area contributed by atoms with Crippen LogP contribution in [0.25, 0.3) is 10.8 Å². The summed E-state index contributed by atoms with van der Waals surface area (Å²) in [7, 11) is 0. The highest BCUT2D eigenvalue weighted by atomic mass is 16.6. The summed E-state index contributed by atoms with van der Waals surface area (Å²) >= 11 is 0. The third kappa shape index (κ3) is 3.10. The molecule has 0 fully saturated rings. The van der Waals surface area contributed by atoms with Crippen molar-refractivity contribution in [3.8, 4) is 0 Å². The van der Waals surface area contributed by atoms with Crippen LogP contribution in [-0.2, 0) is 0 Å². The van der Waals surface area contributed by atoms with Gasteiger partial charge in [0.05, 0.1) is 11.0 Å². The van der Waals surface area contributed by atoms with E-state index in [1.54, 1.807) is 12.1 Å². The molecule has 1 unspecified atom stereocenters. The van der Waals surface area contributed by atoms with Crippen LogP contribution in [0.1, 0.15) is 28.9 Å². The number of nitrogens with zero attached hydrogens (tertiary/aromatic N) is 1. The molecule has 0 bridgehead atoms. The van der Waals surface area contributed by atoms with Gasteiger partial charge in [-0.2, -0.15) is 0 Å². The molecule has 0 saturated carbocycles. The van der Waals surface area contributed by atoms with Crippen molar-refractivity contribution >= 4 is 22.4 Å². The molecule has 3 rings (SSSR count). The number of nitro groups is 1. The van der Waals surface area contributed by atoms with Crippen molar-refractivity contribution in [2.75, 3.05) is 0 Å². The molecule has 3 aromatic carbocycles. The van der Waals surface area contributed by atoms with Gasteiger partial charge in [0, 0.05) is 6.07 Å². The lowest BCUT2D eigenvalue weighted by molar-refractivity contribution is -0.385. The number of carbonyl (C=O) groups excluding carboxylic acids is 1. The fourth-order valence-corrected chi connectivity index (χ4v) is 2.66. The van der Waals surface area contributed by atoms with Crippen molar-refractivity contribution < 1.29 is 9.72 Å². The molecule has 0 spiro atoms. The quantitative estimate of drug-likeness (QED) is 0.577. The molecule has 0 aliphatic carbocycles. The monoisotopic (exact) mass is 320 g/mol. The lowest BCUT2D eigenvalue weighted by atomic mass is 10.0. The normalized spacial score (nSPS) is 11.9. The van der Waals surface area contributed by atoms with Crippen LogP contribution >= 0.6 is 0 Å². The lowest BCUT2D eigenvalue weighted by Gasteiger charge is -2.15. The second kappa shape index (κ2) is 6.50. The fraction of sp³-hybridized carbons (Fsp3) is 0.105. The summed E-state index contributed by atoms with van der Waals surface area (Å²) < 4.78 is 0. The van der Waals surface area contributed by atoms with E-state index in [1.165, 1.54) is 12.1 Å². The molecule has 1 amide bonds. The number of amides is 1. The molecule has 0 saturated heterocycles. The molecule has 24 heavy (non-hydrogen) atoms. The zero-order valence-corrected chi connectivity index (χ0v) is 13.1. The highest BCUT2D eigenvalue weighted by Crippen LogP contribution is 2.22. The first-order valence-electron chi connectivity index (χ1n) is 7.59. The van der Waals surface area contributed by atoms with Crippen LogP contribution in [0.2, 0.25) is 0 Å². The predicted molar refractivity (Wildman–Crippen MR) is 92.9 cm³/mol. The Kier molecular flexibility index (Phi) is 4.24. The number of nitro benzene ring substituents is 1. The average Bonchev–Trinajstić information content (AvgIpc) is 2.61. The van der Waals surface area contributed by atoms with Gasteiger partial charge in [-0.25, -0.2) is 0 Å². The fourth-order valence-electron chi connectivity index (χ4n) is 2.66. The first-order chi connectivity index (χ1) is 11.6. The number of fused-ring (bicyclic) bond motifs is 1. The van der Waals surface area contributed by atoms with Gasteiger partial charge in [-0.15, -0.1) is 0 Å². The van der Waals surface area contributed by atoms with Crippen LogP contribution in [0.3, 0.4) is 0 Å². The number of hydrogen-bond acceptors (Lipinski definition) is 3. The van der Waals surface area contributed by atoms with E-state index in [2.05, 4.69) is 5.32 Å². The van der Waals surface area contributed by atoms with Crippen LogP contribution in [0.4, 0.5) is 5.69 Å². The lowest BCUT2D eigenvalue weighted by Crippen LogP contribution is -2.27. The van der Waals surface area contributed by atoms with Crippen molar-refractivity contribution in [3.63, 3.8) is 0 Å². The van der Waals surface area contributed by atoms with E-state index in [0.717, 1.165) is 16.3 Å². The molecule has 1 N–H and O–H groups in total. The largest absolute Gasteiger partial charge is 0.345 e. The highest BCUT2D eigenvalue weighted by molar-refractivity contribution is 5.98. The van der Waals surface area contributed by atoms with Gasteiger partial charge < -0.3 is 5.32 Å². The number of nitrogens with one attached hydrogen (secondary N) is 1. The summed E-state index contributed by atoms with van der Waals surface area (Å²) in [5, 5.41) is 16.1. The van der Waals surface area contributed by atoms with Crippen molar-refractivity contribution in [1.82, 2.24) is 5.32 Å². The number of carbonyl (C=O) groups is 1. The smallest absolute Gasteiger partial charge is 0.282 e. The minimum absolute atomic E-state index is 0.0649. The summed E-state index contributed by atoms with van der Waals surface area (Å²) in [6.07, 6.45) is 0. The van der Waals surface area contributed by atoms with E-state index in [0.29, 0.717) is 0 Å². The van der Waals surface area contributed by atoms with Gasteiger partial charge in [0.15, 0.2) is 0 Å². The van der Waals surface area contributed by atoms with E-state index < -0.39 is 10.8 Å². The number of para-hydroxylation sites is 1. The SMILES string of the molecule is CC(NC(=O)c1ccccc1[N+](=O)[O-])c1ccc2ccccc2c1. The average molecular weight is 320 g/mol. The Morgan fingerprint density at radius 1 is 1.00 bits per heavy atom. The minimum atomic E-state index is -0.546. The Hall–Kier alpha value is -3.21. The van der Waals surface area contributed by atoms with Crippen LogP contribution in [0.5, 0.6) is 0 Å². The first kappa shape index (κ1) is 15.7. The number of hydrogen-bond donors (Lipinski definition) is 1.